The lowest BCUT2D eigenvalue weighted by Gasteiger charge is -2.38. The maximum atomic E-state index is 13.6. The van der Waals surface area contributed by atoms with Gasteiger partial charge in [-0.15, -0.1) is 0 Å². The summed E-state index contributed by atoms with van der Waals surface area (Å²) in [7, 11) is 1.59. The number of rotatable bonds is 7. The van der Waals surface area contributed by atoms with Gasteiger partial charge in [-0.25, -0.2) is 4.98 Å². The van der Waals surface area contributed by atoms with Crippen molar-refractivity contribution in [1.82, 2.24) is 9.55 Å². The summed E-state index contributed by atoms with van der Waals surface area (Å²) >= 11 is 0. The Hall–Kier alpha value is -3.59. The molecule has 2 heterocycles. The molecule has 168 valence electrons. The fourth-order valence-electron chi connectivity index (χ4n) is 4.15. The molecule has 0 saturated heterocycles. The number of carbonyl (C=O) groups excluding carboxylic acids is 2. The van der Waals surface area contributed by atoms with Gasteiger partial charge in [0.15, 0.2) is 17.4 Å². The molecule has 0 unspecified atom stereocenters. The predicted octanol–water partition coefficient (Wildman–Crippen LogP) is 2.60. The molecule has 0 bridgehead atoms. The molecule has 0 saturated carbocycles. The number of amides is 1. The Morgan fingerprint density at radius 1 is 1.16 bits per heavy atom. The van der Waals surface area contributed by atoms with E-state index in [1.165, 1.54) is 17.0 Å². The Labute approximate surface area is 184 Å². The van der Waals surface area contributed by atoms with Gasteiger partial charge in [-0.3, -0.25) is 14.5 Å². The fourth-order valence-corrected chi connectivity index (χ4v) is 4.15. The second-order valence-electron chi connectivity index (χ2n) is 7.53. The van der Waals surface area contributed by atoms with Crippen molar-refractivity contribution in [1.29, 1.82) is 0 Å². The standard InChI is InChI=1S/C23H25N3O6/c1-3-32-22(30)19-20(14-9-10-17(27)18(28)13-14)26-16-8-5-4-7-15(16)24-23(26)25(21(19)29)11-6-12-31-2/h4-5,7-10,13,19-20,27-28H,3,6,11-12H2,1-2H3/t19-,20+/m1/s1. The number of nitrogens with zero attached hydrogens (tertiary/aromatic N) is 3. The second-order valence-corrected chi connectivity index (χ2v) is 7.53. The van der Waals surface area contributed by atoms with Gasteiger partial charge >= 0.3 is 5.97 Å². The first-order valence-electron chi connectivity index (χ1n) is 10.4. The van der Waals surface area contributed by atoms with E-state index in [1.54, 1.807) is 20.1 Å². The molecule has 0 radical (unpaired) electrons. The number of para-hydroxylation sites is 2. The van der Waals surface area contributed by atoms with Gasteiger partial charge in [-0.2, -0.15) is 0 Å². The van der Waals surface area contributed by atoms with Crippen molar-refractivity contribution in [2.75, 3.05) is 31.8 Å². The lowest BCUT2D eigenvalue weighted by Crippen LogP contribution is -2.50. The molecule has 9 heteroatoms. The van der Waals surface area contributed by atoms with Gasteiger partial charge < -0.3 is 24.3 Å². The number of aromatic hydroxyl groups is 2. The molecule has 0 fully saturated rings. The number of hydrogen-bond donors (Lipinski definition) is 2. The fraction of sp³-hybridized carbons (Fsp3) is 0.348. The lowest BCUT2D eigenvalue weighted by atomic mass is 9.89. The van der Waals surface area contributed by atoms with E-state index in [1.807, 2.05) is 28.8 Å². The van der Waals surface area contributed by atoms with Gasteiger partial charge in [0.25, 0.3) is 0 Å². The smallest absolute Gasteiger partial charge is 0.321 e. The van der Waals surface area contributed by atoms with Gasteiger partial charge in [-0.05, 0) is 43.2 Å². The van der Waals surface area contributed by atoms with Crippen LogP contribution in [-0.2, 0) is 19.1 Å². The minimum Gasteiger partial charge on any atom is -0.504 e. The Morgan fingerprint density at radius 3 is 2.66 bits per heavy atom. The summed E-state index contributed by atoms with van der Waals surface area (Å²) in [6.07, 6.45) is 0.561. The molecule has 3 aromatic rings. The molecular formula is C23H25N3O6. The zero-order valence-electron chi connectivity index (χ0n) is 17.9. The number of phenols is 2. The molecule has 2 aromatic carbocycles. The van der Waals surface area contributed by atoms with Crippen LogP contribution in [0.4, 0.5) is 5.95 Å². The van der Waals surface area contributed by atoms with Gasteiger partial charge in [0.05, 0.1) is 23.7 Å². The van der Waals surface area contributed by atoms with Crippen LogP contribution in [0.2, 0.25) is 0 Å². The summed E-state index contributed by atoms with van der Waals surface area (Å²) in [5.41, 5.74) is 1.89. The minimum absolute atomic E-state index is 0.122. The topological polar surface area (TPSA) is 114 Å². The molecule has 0 aliphatic carbocycles. The number of aromatic nitrogens is 2. The highest BCUT2D eigenvalue weighted by atomic mass is 16.5. The number of carbonyl (C=O) groups is 2. The number of anilines is 1. The monoisotopic (exact) mass is 439 g/mol. The van der Waals surface area contributed by atoms with E-state index in [0.717, 1.165) is 5.52 Å². The maximum Gasteiger partial charge on any atom is 0.321 e. The Kier molecular flexibility index (Phi) is 6.00. The summed E-state index contributed by atoms with van der Waals surface area (Å²) in [6.45, 7) is 2.57. The zero-order chi connectivity index (χ0) is 22.8. The van der Waals surface area contributed by atoms with Crippen molar-refractivity contribution in [3.8, 4) is 11.5 Å². The molecule has 1 aromatic heterocycles. The van der Waals surface area contributed by atoms with Crippen molar-refractivity contribution in [2.45, 2.75) is 19.4 Å². The van der Waals surface area contributed by atoms with E-state index in [0.29, 0.717) is 36.6 Å². The second kappa shape index (κ2) is 8.88. The van der Waals surface area contributed by atoms with Crippen LogP contribution < -0.4 is 4.90 Å². The third-order valence-corrected chi connectivity index (χ3v) is 5.56. The number of ether oxygens (including phenoxy) is 2. The first-order chi connectivity index (χ1) is 15.5. The molecule has 2 atom stereocenters. The number of methoxy groups -OCH3 is 1. The summed E-state index contributed by atoms with van der Waals surface area (Å²) in [5, 5.41) is 19.9. The van der Waals surface area contributed by atoms with E-state index in [-0.39, 0.29) is 18.1 Å². The Bertz CT molecular complexity index is 1160. The number of hydrogen-bond acceptors (Lipinski definition) is 7. The van der Waals surface area contributed by atoms with E-state index < -0.39 is 23.8 Å². The van der Waals surface area contributed by atoms with Crippen LogP contribution in [0.5, 0.6) is 11.5 Å². The normalized spacial score (nSPS) is 18.1. The van der Waals surface area contributed by atoms with Crippen molar-refractivity contribution in [3.05, 3.63) is 48.0 Å². The summed E-state index contributed by atoms with van der Waals surface area (Å²) in [6, 6.07) is 10.9. The molecule has 9 nitrogen and oxygen atoms in total. The number of benzene rings is 2. The molecule has 0 spiro atoms. The van der Waals surface area contributed by atoms with Crippen molar-refractivity contribution in [2.24, 2.45) is 5.92 Å². The number of fused-ring (bicyclic) bond motifs is 3. The van der Waals surface area contributed by atoms with Crippen LogP contribution in [0.1, 0.15) is 24.9 Å². The number of imidazole rings is 1. The first kappa shape index (κ1) is 21.6. The quantitative estimate of drug-likeness (QED) is 0.252. The van der Waals surface area contributed by atoms with Gasteiger partial charge in [-0.1, -0.05) is 18.2 Å². The van der Waals surface area contributed by atoms with Crippen molar-refractivity contribution in [3.63, 3.8) is 0 Å². The van der Waals surface area contributed by atoms with Crippen LogP contribution in [0.3, 0.4) is 0 Å². The van der Waals surface area contributed by atoms with Gasteiger partial charge in [0.2, 0.25) is 11.9 Å². The van der Waals surface area contributed by atoms with E-state index in [2.05, 4.69) is 4.98 Å². The minimum atomic E-state index is -1.19. The van der Waals surface area contributed by atoms with Gasteiger partial charge in [0.1, 0.15) is 0 Å². The summed E-state index contributed by atoms with van der Waals surface area (Å²) < 4.78 is 12.2. The number of phenolic OH excluding ortho intramolecular Hbond substituents is 2. The molecule has 1 amide bonds. The van der Waals surface area contributed by atoms with Crippen LogP contribution in [0, 0.1) is 5.92 Å². The van der Waals surface area contributed by atoms with Crippen LogP contribution in [0.25, 0.3) is 11.0 Å². The molecule has 1 aliphatic rings. The SMILES string of the molecule is CCOC(=O)[C@H]1C(=O)N(CCCOC)c2nc3ccccc3n2[C@H]1c1ccc(O)c(O)c1. The Morgan fingerprint density at radius 2 is 1.94 bits per heavy atom. The maximum absolute atomic E-state index is 13.6. The van der Waals surface area contributed by atoms with E-state index in [4.69, 9.17) is 9.47 Å². The summed E-state index contributed by atoms with van der Waals surface area (Å²) in [5.74, 6) is -2.50. The van der Waals surface area contributed by atoms with E-state index in [9.17, 15) is 19.8 Å². The first-order valence-corrected chi connectivity index (χ1v) is 10.4. The number of esters is 1. The molecule has 32 heavy (non-hydrogen) atoms. The molecule has 2 N–H and O–H groups in total. The highest BCUT2D eigenvalue weighted by molar-refractivity contribution is 6.08. The largest absolute Gasteiger partial charge is 0.504 e. The van der Waals surface area contributed by atoms with Gasteiger partial charge in [0, 0.05) is 20.3 Å². The highest BCUT2D eigenvalue weighted by Crippen LogP contribution is 2.42. The van der Waals surface area contributed by atoms with Crippen molar-refractivity contribution < 1.29 is 29.3 Å². The third kappa shape index (κ3) is 3.64. The lowest BCUT2D eigenvalue weighted by molar-refractivity contribution is -0.153. The molecule has 1 aliphatic heterocycles. The van der Waals surface area contributed by atoms with Crippen LogP contribution >= 0.6 is 0 Å². The van der Waals surface area contributed by atoms with Crippen molar-refractivity contribution >= 4 is 28.9 Å². The average Bonchev–Trinajstić information content (AvgIpc) is 3.16. The zero-order valence-corrected chi connectivity index (χ0v) is 17.9. The highest BCUT2D eigenvalue weighted by Gasteiger charge is 2.47. The summed E-state index contributed by atoms with van der Waals surface area (Å²) in [4.78, 5) is 32.9. The van der Waals surface area contributed by atoms with Crippen LogP contribution in [-0.4, -0.2) is 58.5 Å². The van der Waals surface area contributed by atoms with Crippen LogP contribution in [0.15, 0.2) is 42.5 Å². The molecular weight excluding hydrogens is 414 g/mol. The average molecular weight is 439 g/mol. The third-order valence-electron chi connectivity index (χ3n) is 5.56. The Balaban J connectivity index is 1.95. The van der Waals surface area contributed by atoms with E-state index >= 15 is 0 Å². The predicted molar refractivity (Wildman–Crippen MR) is 117 cm³/mol. The molecule has 4 rings (SSSR count).